The summed E-state index contributed by atoms with van der Waals surface area (Å²) in [6, 6.07) is 2.21. The second kappa shape index (κ2) is 4.50. The lowest BCUT2D eigenvalue weighted by Crippen LogP contribution is -2.59. The summed E-state index contributed by atoms with van der Waals surface area (Å²) in [5.74, 6) is 0. The van der Waals surface area contributed by atoms with Gasteiger partial charge < -0.3 is 5.32 Å². The molecule has 2 saturated heterocycles. The van der Waals surface area contributed by atoms with Gasteiger partial charge in [-0.25, -0.2) is 0 Å². The largest absolute Gasteiger partial charge is 0.309 e. The molecule has 0 unspecified atom stereocenters. The van der Waals surface area contributed by atoms with E-state index >= 15 is 0 Å². The van der Waals surface area contributed by atoms with Crippen LogP contribution in [0.1, 0.15) is 45.4 Å². The summed E-state index contributed by atoms with van der Waals surface area (Å²) in [6.07, 6.45) is 10.8. The Balaban J connectivity index is 1.88. The average molecular weight is 220 g/mol. The molecule has 0 bridgehead atoms. The first-order valence-electron chi connectivity index (χ1n) is 7.10. The van der Waals surface area contributed by atoms with Crippen molar-refractivity contribution in [2.45, 2.75) is 63.6 Å². The smallest absolute Gasteiger partial charge is 0.0438 e. The van der Waals surface area contributed by atoms with E-state index < -0.39 is 0 Å². The first kappa shape index (κ1) is 10.8. The number of hydrogen-bond acceptors (Lipinski definition) is 2. The lowest BCUT2D eigenvalue weighted by atomic mass is 9.81. The number of fused-ring (bicyclic) bond motifs is 2. The first-order chi connectivity index (χ1) is 7.90. The van der Waals surface area contributed by atoms with Gasteiger partial charge in [-0.3, -0.25) is 4.90 Å². The Hall–Kier alpha value is -0.340. The normalized spacial score (nSPS) is 39.8. The highest BCUT2D eigenvalue weighted by atomic mass is 15.2. The summed E-state index contributed by atoms with van der Waals surface area (Å²) in [5.41, 5.74) is 1.72. The molecule has 16 heavy (non-hydrogen) atoms. The molecule has 90 valence electrons. The van der Waals surface area contributed by atoms with Gasteiger partial charge in [0.1, 0.15) is 0 Å². The van der Waals surface area contributed by atoms with Crippen LogP contribution in [0, 0.1) is 0 Å². The molecule has 0 radical (unpaired) electrons. The van der Waals surface area contributed by atoms with Crippen LogP contribution >= 0.6 is 0 Å². The van der Waals surface area contributed by atoms with Gasteiger partial charge in [0.15, 0.2) is 0 Å². The Kier molecular flexibility index (Phi) is 3.03. The molecular formula is C14H24N2. The number of rotatable bonds is 1. The summed E-state index contributed by atoms with van der Waals surface area (Å²) in [4.78, 5) is 2.77. The van der Waals surface area contributed by atoms with Crippen molar-refractivity contribution in [3.05, 3.63) is 11.6 Å². The number of piperidine rings is 2. The van der Waals surface area contributed by atoms with E-state index in [4.69, 9.17) is 0 Å². The highest BCUT2D eigenvalue weighted by molar-refractivity contribution is 5.24. The summed E-state index contributed by atoms with van der Waals surface area (Å²) < 4.78 is 0. The van der Waals surface area contributed by atoms with Crippen molar-refractivity contribution in [1.29, 1.82) is 0 Å². The zero-order chi connectivity index (χ0) is 11.0. The van der Waals surface area contributed by atoms with Gasteiger partial charge in [-0.2, -0.15) is 0 Å². The molecule has 0 aromatic heterocycles. The van der Waals surface area contributed by atoms with Crippen LogP contribution in [0.15, 0.2) is 11.6 Å². The van der Waals surface area contributed by atoms with Gasteiger partial charge in [0, 0.05) is 18.1 Å². The van der Waals surface area contributed by atoms with Crippen LogP contribution in [0.2, 0.25) is 0 Å². The van der Waals surface area contributed by atoms with Gasteiger partial charge in [-0.05, 0) is 45.2 Å². The number of nitrogens with zero attached hydrogens (tertiary/aromatic N) is 1. The van der Waals surface area contributed by atoms with Crippen LogP contribution in [0.25, 0.3) is 0 Å². The van der Waals surface area contributed by atoms with Crippen LogP contribution in [-0.2, 0) is 0 Å². The molecule has 3 aliphatic heterocycles. The standard InChI is InChI=1S/C14H24N2/c1-2-13-14-11(6-5-8-15-14)10-12-7-3-4-9-16(12)13/h10,12-15H,2-9H2,1H3/t12-,13+,14-/m1/s1. The summed E-state index contributed by atoms with van der Waals surface area (Å²) in [7, 11) is 0. The molecule has 0 aliphatic carbocycles. The van der Waals surface area contributed by atoms with Crippen LogP contribution in [-0.4, -0.2) is 36.1 Å². The Labute approximate surface area is 99.1 Å². The van der Waals surface area contributed by atoms with Crippen LogP contribution in [0.4, 0.5) is 0 Å². The summed E-state index contributed by atoms with van der Waals surface area (Å²) in [6.45, 7) is 4.90. The van der Waals surface area contributed by atoms with Gasteiger partial charge in [0.2, 0.25) is 0 Å². The molecule has 0 spiro atoms. The van der Waals surface area contributed by atoms with E-state index in [0.29, 0.717) is 6.04 Å². The predicted molar refractivity (Wildman–Crippen MR) is 67.5 cm³/mol. The minimum atomic E-state index is 0.674. The molecule has 3 aliphatic rings. The molecule has 0 amide bonds. The van der Waals surface area contributed by atoms with E-state index in [1.54, 1.807) is 5.57 Å². The monoisotopic (exact) mass is 220 g/mol. The van der Waals surface area contributed by atoms with E-state index in [1.807, 2.05) is 0 Å². The van der Waals surface area contributed by atoms with E-state index in [1.165, 1.54) is 51.6 Å². The van der Waals surface area contributed by atoms with Crippen molar-refractivity contribution >= 4 is 0 Å². The quantitative estimate of drug-likeness (QED) is 0.682. The van der Waals surface area contributed by atoms with Crippen molar-refractivity contribution in [3.8, 4) is 0 Å². The maximum Gasteiger partial charge on any atom is 0.0438 e. The molecule has 3 heterocycles. The molecule has 0 aromatic rings. The van der Waals surface area contributed by atoms with Gasteiger partial charge >= 0.3 is 0 Å². The molecular weight excluding hydrogens is 196 g/mol. The predicted octanol–water partition coefficient (Wildman–Crippen LogP) is 2.31. The fourth-order valence-corrected chi connectivity index (χ4v) is 3.89. The van der Waals surface area contributed by atoms with Gasteiger partial charge in [-0.15, -0.1) is 0 Å². The van der Waals surface area contributed by atoms with Crippen LogP contribution in [0.5, 0.6) is 0 Å². The number of nitrogens with one attached hydrogen (secondary N) is 1. The zero-order valence-electron chi connectivity index (χ0n) is 10.4. The molecule has 3 atom stereocenters. The van der Waals surface area contributed by atoms with Crippen LogP contribution < -0.4 is 5.32 Å². The SMILES string of the molecule is CC[C@H]1[C@@H]2NCCCC2=C[C@H]2CCCCN21. The fourth-order valence-electron chi connectivity index (χ4n) is 3.89. The van der Waals surface area contributed by atoms with Crippen molar-refractivity contribution in [2.24, 2.45) is 0 Å². The summed E-state index contributed by atoms with van der Waals surface area (Å²) in [5, 5.41) is 3.75. The second-order valence-electron chi connectivity index (χ2n) is 5.55. The van der Waals surface area contributed by atoms with Crippen molar-refractivity contribution in [1.82, 2.24) is 10.2 Å². The summed E-state index contributed by atoms with van der Waals surface area (Å²) >= 11 is 0. The minimum absolute atomic E-state index is 0.674. The molecule has 1 N–H and O–H groups in total. The Morgan fingerprint density at radius 1 is 1.38 bits per heavy atom. The maximum absolute atomic E-state index is 3.75. The lowest BCUT2D eigenvalue weighted by Gasteiger charge is -2.49. The van der Waals surface area contributed by atoms with E-state index in [2.05, 4.69) is 23.2 Å². The Bertz CT molecular complexity index is 284. The lowest BCUT2D eigenvalue weighted by molar-refractivity contribution is 0.0821. The Morgan fingerprint density at radius 3 is 3.19 bits per heavy atom. The molecule has 2 fully saturated rings. The minimum Gasteiger partial charge on any atom is -0.309 e. The van der Waals surface area contributed by atoms with Gasteiger partial charge in [0.05, 0.1) is 0 Å². The van der Waals surface area contributed by atoms with E-state index in [9.17, 15) is 0 Å². The average Bonchev–Trinajstić information content (AvgIpc) is 2.36. The first-order valence-corrected chi connectivity index (χ1v) is 7.10. The molecule has 2 nitrogen and oxygen atoms in total. The molecule has 2 heteroatoms. The zero-order valence-corrected chi connectivity index (χ0v) is 10.4. The highest BCUT2D eigenvalue weighted by Crippen LogP contribution is 2.34. The Morgan fingerprint density at radius 2 is 2.31 bits per heavy atom. The fraction of sp³-hybridized carbons (Fsp3) is 0.857. The third-order valence-electron chi connectivity index (χ3n) is 4.63. The molecule has 3 rings (SSSR count). The van der Waals surface area contributed by atoms with Gasteiger partial charge in [-0.1, -0.05) is 25.0 Å². The maximum atomic E-state index is 3.75. The molecule has 0 saturated carbocycles. The second-order valence-corrected chi connectivity index (χ2v) is 5.55. The van der Waals surface area contributed by atoms with Crippen LogP contribution in [0.3, 0.4) is 0 Å². The molecule has 0 aromatic carbocycles. The van der Waals surface area contributed by atoms with E-state index in [0.717, 1.165) is 12.1 Å². The topological polar surface area (TPSA) is 15.3 Å². The van der Waals surface area contributed by atoms with Crippen molar-refractivity contribution in [3.63, 3.8) is 0 Å². The number of hydrogen-bond donors (Lipinski definition) is 1. The van der Waals surface area contributed by atoms with Crippen molar-refractivity contribution in [2.75, 3.05) is 13.1 Å². The van der Waals surface area contributed by atoms with Gasteiger partial charge in [0.25, 0.3) is 0 Å². The van der Waals surface area contributed by atoms with Crippen molar-refractivity contribution < 1.29 is 0 Å². The van der Waals surface area contributed by atoms with E-state index in [-0.39, 0.29) is 0 Å². The third kappa shape index (κ3) is 1.72. The highest BCUT2D eigenvalue weighted by Gasteiger charge is 2.38. The third-order valence-corrected chi connectivity index (χ3v) is 4.63.